The fourth-order valence-corrected chi connectivity index (χ4v) is 1.69. The second-order valence-electron chi connectivity index (χ2n) is 3.22. The first kappa shape index (κ1) is 14.4. The van der Waals surface area contributed by atoms with E-state index < -0.39 is 10.1 Å². The SMILES string of the molecule is CCCCc1ccc(S(=O)(=O)O)cc1.Cl. The van der Waals surface area contributed by atoms with Crippen molar-refractivity contribution in [2.45, 2.75) is 31.1 Å². The number of benzene rings is 1. The Morgan fingerprint density at radius 3 is 2.13 bits per heavy atom. The molecule has 0 atom stereocenters. The maximum atomic E-state index is 10.7. The Hall–Kier alpha value is -0.580. The molecular weight excluding hydrogens is 236 g/mol. The molecule has 0 aromatic heterocycles. The van der Waals surface area contributed by atoms with Gasteiger partial charge in [-0.05, 0) is 30.5 Å². The van der Waals surface area contributed by atoms with Crippen molar-refractivity contribution in [3.8, 4) is 0 Å². The van der Waals surface area contributed by atoms with Crippen molar-refractivity contribution < 1.29 is 13.0 Å². The van der Waals surface area contributed by atoms with Crippen LogP contribution in [0.25, 0.3) is 0 Å². The molecule has 1 aromatic carbocycles. The highest BCUT2D eigenvalue weighted by atomic mass is 35.5. The van der Waals surface area contributed by atoms with Crippen LogP contribution < -0.4 is 0 Å². The Balaban J connectivity index is 0.00000196. The largest absolute Gasteiger partial charge is 0.294 e. The van der Waals surface area contributed by atoms with Gasteiger partial charge in [-0.2, -0.15) is 8.42 Å². The fraction of sp³-hybridized carbons (Fsp3) is 0.400. The molecule has 0 aliphatic carbocycles. The third kappa shape index (κ3) is 4.64. The Labute approximate surface area is 96.7 Å². The van der Waals surface area contributed by atoms with Crippen LogP contribution in [0.15, 0.2) is 29.2 Å². The van der Waals surface area contributed by atoms with Crippen molar-refractivity contribution >= 4 is 22.5 Å². The van der Waals surface area contributed by atoms with E-state index in [-0.39, 0.29) is 17.3 Å². The lowest BCUT2D eigenvalue weighted by Gasteiger charge is -2.00. The molecule has 0 bridgehead atoms. The average Bonchev–Trinajstić information content (AvgIpc) is 2.14. The molecule has 5 heteroatoms. The van der Waals surface area contributed by atoms with Crippen LogP contribution in [0.5, 0.6) is 0 Å². The van der Waals surface area contributed by atoms with E-state index >= 15 is 0 Å². The third-order valence-corrected chi connectivity index (χ3v) is 2.91. The highest BCUT2D eigenvalue weighted by Gasteiger charge is 2.07. The minimum absolute atomic E-state index is 0. The van der Waals surface area contributed by atoms with E-state index in [9.17, 15) is 8.42 Å². The first-order valence-electron chi connectivity index (χ1n) is 4.60. The Morgan fingerprint density at radius 2 is 1.73 bits per heavy atom. The van der Waals surface area contributed by atoms with Gasteiger partial charge in [0, 0.05) is 0 Å². The molecule has 0 aliphatic heterocycles. The second kappa shape index (κ2) is 6.10. The van der Waals surface area contributed by atoms with Gasteiger partial charge < -0.3 is 0 Å². The summed E-state index contributed by atoms with van der Waals surface area (Å²) < 4.78 is 30.2. The van der Waals surface area contributed by atoms with Crippen molar-refractivity contribution in [2.75, 3.05) is 0 Å². The average molecular weight is 251 g/mol. The van der Waals surface area contributed by atoms with Gasteiger partial charge in [0.25, 0.3) is 10.1 Å². The molecule has 0 saturated heterocycles. The highest BCUT2D eigenvalue weighted by molar-refractivity contribution is 7.85. The molecule has 1 aromatic rings. The first-order chi connectivity index (χ1) is 6.54. The quantitative estimate of drug-likeness (QED) is 0.836. The summed E-state index contributed by atoms with van der Waals surface area (Å²) in [6.07, 6.45) is 3.15. The van der Waals surface area contributed by atoms with E-state index in [1.807, 2.05) is 0 Å². The first-order valence-corrected chi connectivity index (χ1v) is 6.04. The fourth-order valence-electron chi connectivity index (χ4n) is 1.21. The molecule has 0 spiro atoms. The number of hydrogen-bond donors (Lipinski definition) is 1. The van der Waals surface area contributed by atoms with Crippen LogP contribution >= 0.6 is 12.4 Å². The summed E-state index contributed by atoms with van der Waals surface area (Å²) in [5, 5.41) is 0. The monoisotopic (exact) mass is 250 g/mol. The zero-order chi connectivity index (χ0) is 10.6. The highest BCUT2D eigenvalue weighted by Crippen LogP contribution is 2.11. The van der Waals surface area contributed by atoms with Crippen LogP contribution in [-0.2, 0) is 16.5 Å². The maximum Gasteiger partial charge on any atom is 0.294 e. The van der Waals surface area contributed by atoms with Crippen LogP contribution in [0.4, 0.5) is 0 Å². The smallest absolute Gasteiger partial charge is 0.282 e. The van der Waals surface area contributed by atoms with Gasteiger partial charge in [0.05, 0.1) is 4.90 Å². The van der Waals surface area contributed by atoms with Crippen molar-refractivity contribution in [1.82, 2.24) is 0 Å². The maximum absolute atomic E-state index is 10.7. The van der Waals surface area contributed by atoms with Gasteiger partial charge in [0.15, 0.2) is 0 Å². The molecule has 15 heavy (non-hydrogen) atoms. The lowest BCUT2D eigenvalue weighted by molar-refractivity contribution is 0.483. The summed E-state index contributed by atoms with van der Waals surface area (Å²) in [5.41, 5.74) is 1.10. The lowest BCUT2D eigenvalue weighted by atomic mass is 10.1. The summed E-state index contributed by atoms with van der Waals surface area (Å²) in [4.78, 5) is -0.0438. The van der Waals surface area contributed by atoms with E-state index in [0.29, 0.717) is 0 Å². The van der Waals surface area contributed by atoms with Crippen LogP contribution in [0.1, 0.15) is 25.3 Å². The topological polar surface area (TPSA) is 54.4 Å². The van der Waals surface area contributed by atoms with Crippen molar-refractivity contribution in [3.63, 3.8) is 0 Å². The molecule has 3 nitrogen and oxygen atoms in total. The van der Waals surface area contributed by atoms with E-state index in [4.69, 9.17) is 4.55 Å². The number of aryl methyl sites for hydroxylation is 1. The summed E-state index contributed by atoms with van der Waals surface area (Å²) in [7, 11) is -4.04. The zero-order valence-corrected chi connectivity index (χ0v) is 10.1. The van der Waals surface area contributed by atoms with Gasteiger partial charge in [-0.25, -0.2) is 0 Å². The van der Waals surface area contributed by atoms with Crippen molar-refractivity contribution in [2.24, 2.45) is 0 Å². The minimum Gasteiger partial charge on any atom is -0.282 e. The predicted molar refractivity (Wildman–Crippen MR) is 62.1 cm³/mol. The minimum atomic E-state index is -4.04. The Kier molecular flexibility index (Phi) is 5.87. The van der Waals surface area contributed by atoms with E-state index in [0.717, 1.165) is 24.8 Å². The molecular formula is C10H15ClO3S. The molecule has 1 rings (SSSR count). The molecule has 0 unspecified atom stereocenters. The molecule has 86 valence electrons. The normalized spacial score (nSPS) is 10.8. The molecule has 0 aliphatic rings. The summed E-state index contributed by atoms with van der Waals surface area (Å²) in [6.45, 7) is 2.10. The zero-order valence-electron chi connectivity index (χ0n) is 8.51. The molecule has 0 radical (unpaired) electrons. The summed E-state index contributed by atoms with van der Waals surface area (Å²) in [5.74, 6) is 0. The van der Waals surface area contributed by atoms with Crippen molar-refractivity contribution in [3.05, 3.63) is 29.8 Å². The number of halogens is 1. The van der Waals surface area contributed by atoms with E-state index in [1.165, 1.54) is 12.1 Å². The number of unbranched alkanes of at least 4 members (excludes halogenated alkanes) is 1. The van der Waals surface area contributed by atoms with Gasteiger partial charge >= 0.3 is 0 Å². The van der Waals surface area contributed by atoms with Gasteiger partial charge in [-0.15, -0.1) is 12.4 Å². The van der Waals surface area contributed by atoms with Crippen LogP contribution in [0.3, 0.4) is 0 Å². The van der Waals surface area contributed by atoms with E-state index in [1.54, 1.807) is 12.1 Å². The predicted octanol–water partition coefficient (Wildman–Crippen LogP) is 2.70. The van der Waals surface area contributed by atoms with Crippen molar-refractivity contribution in [1.29, 1.82) is 0 Å². The molecule has 0 amide bonds. The van der Waals surface area contributed by atoms with Crippen LogP contribution in [-0.4, -0.2) is 13.0 Å². The second-order valence-corrected chi connectivity index (χ2v) is 4.64. The standard InChI is InChI=1S/C10H14O3S.ClH/c1-2-3-4-9-5-7-10(8-6-9)14(11,12)13;/h5-8H,2-4H2,1H3,(H,11,12,13);1H. The van der Waals surface area contributed by atoms with Crippen LogP contribution in [0, 0.1) is 0 Å². The van der Waals surface area contributed by atoms with Gasteiger partial charge in [-0.1, -0.05) is 25.5 Å². The van der Waals surface area contributed by atoms with Crippen LogP contribution in [0.2, 0.25) is 0 Å². The molecule has 0 heterocycles. The Bertz CT molecular complexity index is 384. The molecule has 0 saturated carbocycles. The van der Waals surface area contributed by atoms with E-state index in [2.05, 4.69) is 6.92 Å². The Morgan fingerprint density at radius 1 is 1.20 bits per heavy atom. The third-order valence-electron chi connectivity index (χ3n) is 2.04. The number of rotatable bonds is 4. The van der Waals surface area contributed by atoms with Gasteiger partial charge in [-0.3, -0.25) is 4.55 Å². The van der Waals surface area contributed by atoms with Gasteiger partial charge in [0.2, 0.25) is 0 Å². The molecule has 0 fully saturated rings. The molecule has 1 N–H and O–H groups in total. The summed E-state index contributed by atoms with van der Waals surface area (Å²) in [6, 6.07) is 6.33. The summed E-state index contributed by atoms with van der Waals surface area (Å²) >= 11 is 0. The van der Waals surface area contributed by atoms with Gasteiger partial charge in [0.1, 0.15) is 0 Å². The lowest BCUT2D eigenvalue weighted by Crippen LogP contribution is -1.97. The number of hydrogen-bond acceptors (Lipinski definition) is 2.